The molecule has 1 N–H and O–H groups in total. The molecule has 2 aromatic carbocycles. The molecule has 0 unspecified atom stereocenters. The second-order valence-electron chi connectivity index (χ2n) is 6.62. The minimum Gasteiger partial charge on any atom is -0.361 e. The smallest absolute Gasteiger partial charge is 0.102 e. The fourth-order valence-corrected chi connectivity index (χ4v) is 3.46. The van der Waals surface area contributed by atoms with Crippen LogP contribution in [-0.2, 0) is 12.8 Å². The number of aryl methyl sites for hydroxylation is 2. The molecule has 0 spiro atoms. The number of aliphatic imine (C=N–C) groups is 1. The number of benzene rings is 2. The second-order valence-corrected chi connectivity index (χ2v) is 6.62. The Kier molecular flexibility index (Phi) is 7.37. The Balaban J connectivity index is 2.68. The molecule has 0 atom stereocenters. The molecule has 0 aliphatic heterocycles. The van der Waals surface area contributed by atoms with Gasteiger partial charge < -0.3 is 5.32 Å². The SMILES string of the molecule is C=CNc1c(C#N)c(C)cc(-c2ccc(CCCC)c(N=CC)c2)c1CC. The van der Waals surface area contributed by atoms with Crippen LogP contribution >= 0.6 is 0 Å². The van der Waals surface area contributed by atoms with Crippen molar-refractivity contribution in [2.45, 2.75) is 53.4 Å². The van der Waals surface area contributed by atoms with Crippen molar-refractivity contribution in [2.24, 2.45) is 4.99 Å². The van der Waals surface area contributed by atoms with E-state index in [-0.39, 0.29) is 0 Å². The Morgan fingerprint density at radius 2 is 2.04 bits per heavy atom. The predicted octanol–water partition coefficient (Wildman–Crippen LogP) is 6.72. The summed E-state index contributed by atoms with van der Waals surface area (Å²) < 4.78 is 0. The van der Waals surface area contributed by atoms with Crippen molar-refractivity contribution < 1.29 is 0 Å². The van der Waals surface area contributed by atoms with Gasteiger partial charge in [0.15, 0.2) is 0 Å². The molecule has 0 aliphatic carbocycles. The molecular formula is C24H29N3. The normalized spacial score (nSPS) is 10.8. The molecule has 0 aliphatic rings. The van der Waals surface area contributed by atoms with Gasteiger partial charge in [0.05, 0.1) is 16.9 Å². The Hall–Kier alpha value is -2.86. The van der Waals surface area contributed by atoms with Crippen molar-refractivity contribution in [1.82, 2.24) is 0 Å². The van der Waals surface area contributed by atoms with Crippen molar-refractivity contribution in [3.8, 4) is 17.2 Å². The summed E-state index contributed by atoms with van der Waals surface area (Å²) in [5, 5.41) is 12.8. The third-order valence-electron chi connectivity index (χ3n) is 4.81. The van der Waals surface area contributed by atoms with E-state index in [4.69, 9.17) is 0 Å². The Bertz CT molecular complexity index is 885. The number of nitrogens with zero attached hydrogens (tertiary/aromatic N) is 2. The van der Waals surface area contributed by atoms with E-state index in [1.54, 1.807) is 6.20 Å². The first-order valence-corrected chi connectivity index (χ1v) is 9.67. The number of nitriles is 1. The van der Waals surface area contributed by atoms with Gasteiger partial charge >= 0.3 is 0 Å². The first kappa shape index (κ1) is 20.5. The molecule has 0 saturated heterocycles. The average molecular weight is 360 g/mol. The van der Waals surface area contributed by atoms with Crippen LogP contribution in [0.3, 0.4) is 0 Å². The van der Waals surface area contributed by atoms with Crippen molar-refractivity contribution in [1.29, 1.82) is 5.26 Å². The number of unbranched alkanes of at least 4 members (excludes halogenated alkanes) is 1. The van der Waals surface area contributed by atoms with E-state index < -0.39 is 0 Å². The van der Waals surface area contributed by atoms with Gasteiger partial charge in [-0.3, -0.25) is 4.99 Å². The van der Waals surface area contributed by atoms with E-state index in [2.05, 4.69) is 61.1 Å². The first-order valence-electron chi connectivity index (χ1n) is 9.67. The molecule has 0 bridgehead atoms. The maximum atomic E-state index is 9.60. The van der Waals surface area contributed by atoms with Gasteiger partial charge in [0.1, 0.15) is 6.07 Å². The topological polar surface area (TPSA) is 48.2 Å². The lowest BCUT2D eigenvalue weighted by Gasteiger charge is -2.18. The molecule has 3 nitrogen and oxygen atoms in total. The molecule has 0 aromatic heterocycles. The highest BCUT2D eigenvalue weighted by Gasteiger charge is 2.16. The minimum atomic E-state index is 0.682. The van der Waals surface area contributed by atoms with Gasteiger partial charge in [-0.05, 0) is 79.3 Å². The molecule has 0 amide bonds. The van der Waals surface area contributed by atoms with E-state index in [1.165, 1.54) is 12.0 Å². The monoisotopic (exact) mass is 359 g/mol. The zero-order valence-electron chi connectivity index (χ0n) is 16.9. The predicted molar refractivity (Wildman–Crippen MR) is 117 cm³/mol. The lowest BCUT2D eigenvalue weighted by Crippen LogP contribution is -2.02. The maximum absolute atomic E-state index is 9.60. The zero-order valence-corrected chi connectivity index (χ0v) is 16.9. The number of nitrogens with one attached hydrogen (secondary N) is 1. The van der Waals surface area contributed by atoms with Crippen LogP contribution in [0, 0.1) is 18.3 Å². The van der Waals surface area contributed by atoms with E-state index in [1.807, 2.05) is 20.1 Å². The van der Waals surface area contributed by atoms with Crippen LogP contribution in [0.25, 0.3) is 11.1 Å². The molecule has 0 fully saturated rings. The number of rotatable bonds is 8. The molecule has 3 heteroatoms. The van der Waals surface area contributed by atoms with Crippen molar-refractivity contribution >= 4 is 17.6 Å². The minimum absolute atomic E-state index is 0.682. The Labute approximate surface area is 163 Å². The summed E-state index contributed by atoms with van der Waals surface area (Å²) in [6.07, 6.45) is 7.69. The largest absolute Gasteiger partial charge is 0.361 e. The lowest BCUT2D eigenvalue weighted by molar-refractivity contribution is 0.795. The van der Waals surface area contributed by atoms with E-state index in [0.29, 0.717) is 5.56 Å². The molecule has 2 aromatic rings. The van der Waals surface area contributed by atoms with Crippen LogP contribution in [0.15, 0.2) is 42.0 Å². The summed E-state index contributed by atoms with van der Waals surface area (Å²) in [6.45, 7) is 12.0. The summed E-state index contributed by atoms with van der Waals surface area (Å²) in [7, 11) is 0. The van der Waals surface area contributed by atoms with Gasteiger partial charge in [0, 0.05) is 6.21 Å². The zero-order chi connectivity index (χ0) is 19.8. The Morgan fingerprint density at radius 1 is 1.26 bits per heavy atom. The fraction of sp³-hybridized carbons (Fsp3) is 0.333. The van der Waals surface area contributed by atoms with Crippen molar-refractivity contribution in [3.63, 3.8) is 0 Å². The third kappa shape index (κ3) is 4.46. The van der Waals surface area contributed by atoms with Crippen LogP contribution in [-0.4, -0.2) is 6.21 Å². The molecule has 2 rings (SSSR count). The lowest BCUT2D eigenvalue weighted by atomic mass is 9.90. The standard InChI is InChI=1S/C24H29N3/c1-6-10-11-18-12-13-19(15-23(18)26-8-3)21-14-17(5)22(16-25)24(27-9-4)20(21)7-2/h8-9,12-15,27H,4,6-7,10-11H2,1-3,5H3. The summed E-state index contributed by atoms with van der Waals surface area (Å²) in [5.41, 5.74) is 8.23. The van der Waals surface area contributed by atoms with Crippen LogP contribution in [0.2, 0.25) is 0 Å². The first-order chi connectivity index (χ1) is 13.1. The average Bonchev–Trinajstić information content (AvgIpc) is 2.67. The van der Waals surface area contributed by atoms with Gasteiger partial charge in [-0.25, -0.2) is 0 Å². The molecule has 0 radical (unpaired) electrons. The Morgan fingerprint density at radius 3 is 2.63 bits per heavy atom. The number of anilines is 1. The molecule has 27 heavy (non-hydrogen) atoms. The second kappa shape index (κ2) is 9.73. The summed E-state index contributed by atoms with van der Waals surface area (Å²) in [5.74, 6) is 0. The highest BCUT2D eigenvalue weighted by Crippen LogP contribution is 2.37. The van der Waals surface area contributed by atoms with Gasteiger partial charge in [0.25, 0.3) is 0 Å². The molecule has 0 heterocycles. The quantitative estimate of drug-likeness (QED) is 0.532. The van der Waals surface area contributed by atoms with Gasteiger partial charge in [0.2, 0.25) is 0 Å². The van der Waals surface area contributed by atoms with Crippen LogP contribution in [0.1, 0.15) is 55.9 Å². The molecule has 0 saturated carbocycles. The van der Waals surface area contributed by atoms with E-state index in [0.717, 1.165) is 52.9 Å². The number of hydrogen-bond acceptors (Lipinski definition) is 3. The molecule has 140 valence electrons. The number of hydrogen-bond donors (Lipinski definition) is 1. The summed E-state index contributed by atoms with van der Waals surface area (Å²) in [6, 6.07) is 11.0. The molecular weight excluding hydrogens is 330 g/mol. The fourth-order valence-electron chi connectivity index (χ4n) is 3.46. The van der Waals surface area contributed by atoms with Crippen LogP contribution in [0.5, 0.6) is 0 Å². The maximum Gasteiger partial charge on any atom is 0.102 e. The summed E-state index contributed by atoms with van der Waals surface area (Å²) in [4.78, 5) is 4.61. The van der Waals surface area contributed by atoms with Crippen molar-refractivity contribution in [2.75, 3.05) is 5.32 Å². The summed E-state index contributed by atoms with van der Waals surface area (Å²) >= 11 is 0. The van der Waals surface area contributed by atoms with Gasteiger partial charge in [-0.15, -0.1) is 0 Å². The van der Waals surface area contributed by atoms with Gasteiger partial charge in [-0.2, -0.15) is 5.26 Å². The van der Waals surface area contributed by atoms with Crippen LogP contribution < -0.4 is 5.32 Å². The highest BCUT2D eigenvalue weighted by atomic mass is 14.8. The van der Waals surface area contributed by atoms with Gasteiger partial charge in [-0.1, -0.05) is 39.0 Å². The van der Waals surface area contributed by atoms with Crippen LogP contribution in [0.4, 0.5) is 11.4 Å². The van der Waals surface area contributed by atoms with E-state index in [9.17, 15) is 5.26 Å². The van der Waals surface area contributed by atoms with Crippen molar-refractivity contribution in [3.05, 3.63) is 59.3 Å². The highest BCUT2D eigenvalue weighted by molar-refractivity contribution is 5.82. The third-order valence-corrected chi connectivity index (χ3v) is 4.81. The van der Waals surface area contributed by atoms with E-state index >= 15 is 0 Å².